The lowest BCUT2D eigenvalue weighted by Crippen LogP contribution is -2.58. The van der Waals surface area contributed by atoms with Crippen LogP contribution < -0.4 is 10.6 Å². The molecule has 9 nitrogen and oxygen atoms in total. The lowest BCUT2D eigenvalue weighted by atomic mass is 9.59. The number of carbonyl (C=O) groups excluding carboxylic acids is 3. The van der Waals surface area contributed by atoms with Crippen LogP contribution in [0.3, 0.4) is 0 Å². The smallest absolute Gasteiger partial charge is 0.255 e. The molecular formula is C21H21FN2O7. The van der Waals surface area contributed by atoms with E-state index in [1.165, 1.54) is 0 Å². The quantitative estimate of drug-likeness (QED) is 0.425. The Morgan fingerprint density at radius 2 is 1.87 bits per heavy atom. The van der Waals surface area contributed by atoms with E-state index >= 15 is 0 Å². The predicted octanol–water partition coefficient (Wildman–Crippen LogP) is 0.629. The van der Waals surface area contributed by atoms with Crippen LogP contribution in [0.15, 0.2) is 23.0 Å². The number of fused-ring (bicyclic) bond motifs is 3. The van der Waals surface area contributed by atoms with Gasteiger partial charge in [-0.1, -0.05) is 0 Å². The van der Waals surface area contributed by atoms with Crippen molar-refractivity contribution in [3.63, 3.8) is 0 Å². The largest absolute Gasteiger partial charge is 0.508 e. The third-order valence-corrected chi connectivity index (χ3v) is 6.48. The molecule has 6 N–H and O–H groups in total. The van der Waals surface area contributed by atoms with Crippen molar-refractivity contribution in [1.29, 1.82) is 0 Å². The number of nitrogens with two attached hydrogens (primary N) is 1. The fourth-order valence-electron chi connectivity index (χ4n) is 5.04. The van der Waals surface area contributed by atoms with Gasteiger partial charge in [0.1, 0.15) is 17.1 Å². The Hall–Kier alpha value is -3.40. The van der Waals surface area contributed by atoms with Crippen molar-refractivity contribution in [2.45, 2.75) is 24.9 Å². The highest BCUT2D eigenvalue weighted by Crippen LogP contribution is 2.53. The molecule has 1 aromatic rings. The summed E-state index contributed by atoms with van der Waals surface area (Å²) in [5.41, 5.74) is 1.88. The van der Waals surface area contributed by atoms with E-state index in [-0.39, 0.29) is 24.0 Å². The van der Waals surface area contributed by atoms with E-state index in [0.29, 0.717) is 11.3 Å². The highest BCUT2D eigenvalue weighted by atomic mass is 19.1. The molecule has 0 heterocycles. The molecule has 1 aromatic carbocycles. The fraction of sp³-hybridized carbons (Fsp3) is 0.381. The maximum Gasteiger partial charge on any atom is 0.255 e. The summed E-state index contributed by atoms with van der Waals surface area (Å²) < 4.78 is 14.3. The molecule has 3 aliphatic carbocycles. The molecule has 10 heteroatoms. The minimum absolute atomic E-state index is 0.0217. The van der Waals surface area contributed by atoms with Crippen LogP contribution >= 0.6 is 0 Å². The first-order valence-electron chi connectivity index (χ1n) is 9.60. The van der Waals surface area contributed by atoms with Gasteiger partial charge in [-0.3, -0.25) is 14.4 Å². The molecule has 164 valence electrons. The molecule has 0 aliphatic heterocycles. The van der Waals surface area contributed by atoms with Crippen LogP contribution in [-0.2, 0) is 20.8 Å². The standard InChI is InChI=1S/C21H21FN2O7/c1-24(2)11-6-10(22)16(26)14-9(11)4-7-3-8-5-12(25)15(20(23)30)19(29)21(8,31)18(28)13(7)17(14)27/h6-8,26-27,29,31H,3-5H2,1-2H3,(H2,23,30)/t7-,8?,21+/m1/s1. The average molecular weight is 432 g/mol. The maximum absolute atomic E-state index is 14.3. The van der Waals surface area contributed by atoms with E-state index in [2.05, 4.69) is 0 Å². The number of amides is 1. The van der Waals surface area contributed by atoms with Gasteiger partial charge in [-0.15, -0.1) is 0 Å². The number of aliphatic hydroxyl groups excluding tert-OH is 2. The number of hydrogen-bond acceptors (Lipinski definition) is 8. The van der Waals surface area contributed by atoms with Crippen molar-refractivity contribution in [3.8, 4) is 5.75 Å². The number of benzene rings is 1. The summed E-state index contributed by atoms with van der Waals surface area (Å²) in [4.78, 5) is 38.8. The van der Waals surface area contributed by atoms with Gasteiger partial charge in [0.15, 0.2) is 23.0 Å². The van der Waals surface area contributed by atoms with Crippen LogP contribution in [0.2, 0.25) is 0 Å². The lowest BCUT2D eigenvalue weighted by molar-refractivity contribution is -0.147. The number of hydrogen-bond donors (Lipinski definition) is 5. The third kappa shape index (κ3) is 2.61. The maximum atomic E-state index is 14.3. The van der Waals surface area contributed by atoms with Crippen LogP contribution in [0.1, 0.15) is 24.0 Å². The van der Waals surface area contributed by atoms with Gasteiger partial charge < -0.3 is 31.1 Å². The van der Waals surface area contributed by atoms with E-state index < -0.39 is 70.0 Å². The SMILES string of the molecule is CN(C)c1cc(F)c(O)c2c1C[C@H]1CC3CC(=O)C(C(N)=O)=C(O)[C@@]3(O)C(=O)C1=C2O. The van der Waals surface area contributed by atoms with Crippen molar-refractivity contribution < 1.29 is 39.2 Å². The zero-order chi connectivity index (χ0) is 23.0. The van der Waals surface area contributed by atoms with Gasteiger partial charge in [0.2, 0.25) is 5.78 Å². The van der Waals surface area contributed by atoms with Crippen molar-refractivity contribution in [3.05, 3.63) is 39.9 Å². The average Bonchev–Trinajstić information content (AvgIpc) is 2.66. The molecule has 31 heavy (non-hydrogen) atoms. The van der Waals surface area contributed by atoms with Gasteiger partial charge in [0.05, 0.1) is 5.56 Å². The van der Waals surface area contributed by atoms with Gasteiger partial charge >= 0.3 is 0 Å². The fourth-order valence-corrected chi connectivity index (χ4v) is 5.04. The summed E-state index contributed by atoms with van der Waals surface area (Å²) in [6.45, 7) is 0. The predicted molar refractivity (Wildman–Crippen MR) is 106 cm³/mol. The highest BCUT2D eigenvalue weighted by Gasteiger charge is 2.60. The zero-order valence-electron chi connectivity index (χ0n) is 16.8. The number of nitrogens with zero attached hydrogens (tertiary/aromatic N) is 1. The third-order valence-electron chi connectivity index (χ3n) is 6.48. The molecule has 0 aromatic heterocycles. The number of carbonyl (C=O) groups is 3. The normalized spacial score (nSPS) is 27.6. The number of anilines is 1. The van der Waals surface area contributed by atoms with Crippen LogP contribution in [0.5, 0.6) is 5.75 Å². The number of ketones is 2. The molecule has 0 saturated heterocycles. The van der Waals surface area contributed by atoms with Crippen LogP contribution in [0, 0.1) is 17.7 Å². The first-order chi connectivity index (χ1) is 14.4. The Morgan fingerprint density at radius 3 is 2.45 bits per heavy atom. The van der Waals surface area contributed by atoms with E-state index in [1.807, 2.05) is 0 Å². The molecule has 0 bridgehead atoms. The van der Waals surface area contributed by atoms with Crippen molar-refractivity contribution in [2.24, 2.45) is 17.6 Å². The summed E-state index contributed by atoms with van der Waals surface area (Å²) >= 11 is 0. The Bertz CT molecular complexity index is 1140. The second-order valence-corrected chi connectivity index (χ2v) is 8.38. The summed E-state index contributed by atoms with van der Waals surface area (Å²) in [6, 6.07) is 1.12. The summed E-state index contributed by atoms with van der Waals surface area (Å²) in [5.74, 6) is -8.60. The zero-order valence-corrected chi connectivity index (χ0v) is 16.8. The molecule has 4 rings (SSSR count). The van der Waals surface area contributed by atoms with E-state index in [0.717, 1.165) is 6.07 Å². The summed E-state index contributed by atoms with van der Waals surface area (Å²) in [6.07, 6.45) is -0.249. The molecule has 1 unspecified atom stereocenters. The van der Waals surface area contributed by atoms with E-state index in [1.54, 1.807) is 19.0 Å². The number of rotatable bonds is 2. The van der Waals surface area contributed by atoms with Gasteiger partial charge in [0.25, 0.3) is 5.91 Å². The lowest BCUT2D eigenvalue weighted by Gasteiger charge is -2.46. The number of Topliss-reactive ketones (excluding diaryl/α,β-unsaturated/α-hetero) is 2. The first kappa shape index (κ1) is 20.9. The van der Waals surface area contributed by atoms with Gasteiger partial charge in [0, 0.05) is 43.8 Å². The van der Waals surface area contributed by atoms with Crippen molar-refractivity contribution >= 4 is 28.9 Å². The monoisotopic (exact) mass is 432 g/mol. The minimum Gasteiger partial charge on any atom is -0.508 e. The summed E-state index contributed by atoms with van der Waals surface area (Å²) in [7, 11) is 3.31. The Balaban J connectivity index is 1.97. The molecular weight excluding hydrogens is 411 g/mol. The van der Waals surface area contributed by atoms with Gasteiger partial charge in [-0.05, 0) is 24.3 Å². The number of halogens is 1. The van der Waals surface area contributed by atoms with Crippen LogP contribution in [-0.4, -0.2) is 57.6 Å². The Kier molecular flexibility index (Phi) is 4.40. The Labute approximate surface area is 175 Å². The molecule has 1 saturated carbocycles. The van der Waals surface area contributed by atoms with E-state index in [4.69, 9.17) is 5.73 Å². The number of phenols is 1. The number of aliphatic hydroxyl groups is 3. The molecule has 0 radical (unpaired) electrons. The van der Waals surface area contributed by atoms with Crippen molar-refractivity contribution in [2.75, 3.05) is 19.0 Å². The second kappa shape index (κ2) is 6.55. The number of primary amides is 1. The first-order valence-corrected chi connectivity index (χ1v) is 9.60. The van der Waals surface area contributed by atoms with Crippen molar-refractivity contribution in [1.82, 2.24) is 0 Å². The Morgan fingerprint density at radius 1 is 1.23 bits per heavy atom. The van der Waals surface area contributed by atoms with Gasteiger partial charge in [-0.25, -0.2) is 4.39 Å². The number of aromatic hydroxyl groups is 1. The minimum atomic E-state index is -2.64. The topological polar surface area (TPSA) is 161 Å². The summed E-state index contributed by atoms with van der Waals surface area (Å²) in [5, 5.41) is 42.8. The molecule has 0 spiro atoms. The van der Waals surface area contributed by atoms with E-state index in [9.17, 15) is 39.2 Å². The van der Waals surface area contributed by atoms with Gasteiger partial charge in [-0.2, -0.15) is 0 Å². The van der Waals surface area contributed by atoms with Crippen LogP contribution in [0.4, 0.5) is 10.1 Å². The molecule has 1 fully saturated rings. The van der Waals surface area contributed by atoms with Crippen LogP contribution in [0.25, 0.3) is 5.76 Å². The number of phenolic OH excluding ortho intramolecular Hbond substituents is 1. The molecule has 3 aliphatic rings. The molecule has 1 amide bonds. The molecule has 3 atom stereocenters. The highest BCUT2D eigenvalue weighted by molar-refractivity contribution is 6.22. The second-order valence-electron chi connectivity index (χ2n) is 8.38.